The molecule has 152 valence electrons. The lowest BCUT2D eigenvalue weighted by Gasteiger charge is -2.31. The van der Waals surface area contributed by atoms with Gasteiger partial charge in [-0.1, -0.05) is 31.5 Å². The van der Waals surface area contributed by atoms with Crippen LogP contribution in [-0.2, 0) is 10.0 Å². The van der Waals surface area contributed by atoms with Gasteiger partial charge < -0.3 is 0 Å². The van der Waals surface area contributed by atoms with Crippen molar-refractivity contribution in [2.24, 2.45) is 0 Å². The molecule has 4 rings (SSSR count). The number of aryl methyl sites for hydroxylation is 1. The molecule has 0 N–H and O–H groups in total. The fourth-order valence-electron chi connectivity index (χ4n) is 3.80. The molecule has 29 heavy (non-hydrogen) atoms. The van der Waals surface area contributed by atoms with Gasteiger partial charge in [0.25, 0.3) is 0 Å². The molecule has 0 spiro atoms. The Morgan fingerprint density at radius 1 is 1.03 bits per heavy atom. The highest BCUT2D eigenvalue weighted by Gasteiger charge is 2.31. The number of benzene rings is 1. The maximum atomic E-state index is 13.0. The topological polar surface area (TPSA) is 76.1 Å². The molecule has 0 unspecified atom stereocenters. The summed E-state index contributed by atoms with van der Waals surface area (Å²) in [5.74, 6) is 1.20. The van der Waals surface area contributed by atoms with Gasteiger partial charge in [0.1, 0.15) is 5.82 Å². The number of hydrogen-bond acceptors (Lipinski definition) is 5. The zero-order valence-corrected chi connectivity index (χ0v) is 17.9. The second kappa shape index (κ2) is 7.80. The number of rotatable bonds is 4. The molecule has 2 aromatic heterocycles. The van der Waals surface area contributed by atoms with Crippen LogP contribution in [0.25, 0.3) is 11.0 Å². The lowest BCUT2D eigenvalue weighted by molar-refractivity contribution is 0.317. The molecule has 0 aliphatic carbocycles. The van der Waals surface area contributed by atoms with Gasteiger partial charge in [-0.2, -0.15) is 4.31 Å². The van der Waals surface area contributed by atoms with Gasteiger partial charge in [0.05, 0.1) is 10.6 Å². The van der Waals surface area contributed by atoms with Crippen molar-refractivity contribution in [3.05, 3.63) is 59.7 Å². The Morgan fingerprint density at radius 3 is 2.38 bits per heavy atom. The highest BCUT2D eigenvalue weighted by molar-refractivity contribution is 7.89. The lowest BCUT2D eigenvalue weighted by atomic mass is 9.92. The van der Waals surface area contributed by atoms with Crippen molar-refractivity contribution >= 4 is 21.1 Å². The SMILES string of the molecule is Cc1ccc(S(=O)(=O)N2CCC(c3nc(C(C)C)nc4ncccc34)CC2)cc1. The van der Waals surface area contributed by atoms with Crippen LogP contribution in [0.3, 0.4) is 0 Å². The highest BCUT2D eigenvalue weighted by atomic mass is 32.2. The third kappa shape index (κ3) is 3.89. The van der Waals surface area contributed by atoms with E-state index in [4.69, 9.17) is 4.98 Å². The van der Waals surface area contributed by atoms with Crippen LogP contribution in [0.4, 0.5) is 0 Å². The van der Waals surface area contributed by atoms with E-state index in [0.717, 1.165) is 41.0 Å². The Bertz CT molecular complexity index is 1120. The first kappa shape index (κ1) is 19.9. The molecule has 0 bridgehead atoms. The molecule has 0 saturated carbocycles. The molecule has 0 amide bonds. The molecule has 1 aromatic carbocycles. The van der Waals surface area contributed by atoms with Gasteiger partial charge in [0, 0.05) is 36.5 Å². The molecule has 0 radical (unpaired) electrons. The average Bonchev–Trinajstić information content (AvgIpc) is 2.73. The maximum Gasteiger partial charge on any atom is 0.243 e. The largest absolute Gasteiger partial charge is 0.243 e. The fourth-order valence-corrected chi connectivity index (χ4v) is 5.27. The van der Waals surface area contributed by atoms with Crippen LogP contribution in [0.5, 0.6) is 0 Å². The summed E-state index contributed by atoms with van der Waals surface area (Å²) in [5, 5.41) is 0.969. The molecule has 0 atom stereocenters. The predicted octanol–water partition coefficient (Wildman–Crippen LogP) is 4.02. The lowest BCUT2D eigenvalue weighted by Crippen LogP contribution is -2.38. The first-order valence-corrected chi connectivity index (χ1v) is 11.5. The van der Waals surface area contributed by atoms with Gasteiger partial charge in [-0.05, 0) is 44.0 Å². The zero-order chi connectivity index (χ0) is 20.6. The van der Waals surface area contributed by atoms with E-state index in [0.29, 0.717) is 18.0 Å². The van der Waals surface area contributed by atoms with Gasteiger partial charge in [0.2, 0.25) is 10.0 Å². The van der Waals surface area contributed by atoms with Gasteiger partial charge >= 0.3 is 0 Å². The summed E-state index contributed by atoms with van der Waals surface area (Å²) in [5.41, 5.74) is 2.77. The van der Waals surface area contributed by atoms with Crippen LogP contribution >= 0.6 is 0 Å². The predicted molar refractivity (Wildman–Crippen MR) is 113 cm³/mol. The van der Waals surface area contributed by atoms with Crippen molar-refractivity contribution in [3.8, 4) is 0 Å². The standard InChI is InChI=1S/C22H26N4O2S/c1-15(2)21-24-20(19-5-4-12-23-22(19)25-21)17-10-13-26(14-11-17)29(27,28)18-8-6-16(3)7-9-18/h4-9,12,15,17H,10-11,13-14H2,1-3H3. The van der Waals surface area contributed by atoms with Crippen LogP contribution in [0.15, 0.2) is 47.5 Å². The fraction of sp³-hybridized carbons (Fsp3) is 0.409. The number of piperidine rings is 1. The van der Waals surface area contributed by atoms with Gasteiger partial charge in [-0.25, -0.2) is 23.4 Å². The Kier molecular flexibility index (Phi) is 5.36. The molecule has 7 heteroatoms. The second-order valence-electron chi connectivity index (χ2n) is 7.99. The summed E-state index contributed by atoms with van der Waals surface area (Å²) in [6.45, 7) is 7.08. The summed E-state index contributed by atoms with van der Waals surface area (Å²) >= 11 is 0. The normalized spacial score (nSPS) is 16.6. The number of hydrogen-bond donors (Lipinski definition) is 0. The molecular formula is C22H26N4O2S. The smallest absolute Gasteiger partial charge is 0.237 e. The molecule has 1 saturated heterocycles. The van der Waals surface area contributed by atoms with Crippen LogP contribution < -0.4 is 0 Å². The van der Waals surface area contributed by atoms with Crippen molar-refractivity contribution in [3.63, 3.8) is 0 Å². The Morgan fingerprint density at radius 2 is 1.72 bits per heavy atom. The number of nitrogens with zero attached hydrogens (tertiary/aromatic N) is 4. The minimum absolute atomic E-state index is 0.201. The highest BCUT2D eigenvalue weighted by Crippen LogP contribution is 2.33. The minimum atomic E-state index is -3.46. The van der Waals surface area contributed by atoms with Crippen LogP contribution in [0.1, 0.15) is 55.6 Å². The number of sulfonamides is 1. The van der Waals surface area contributed by atoms with Gasteiger partial charge in [-0.15, -0.1) is 0 Å². The van der Waals surface area contributed by atoms with Crippen LogP contribution in [0.2, 0.25) is 0 Å². The molecule has 1 aliphatic rings. The van der Waals surface area contributed by atoms with E-state index in [1.165, 1.54) is 0 Å². The molecule has 3 aromatic rings. The Balaban J connectivity index is 1.59. The van der Waals surface area contributed by atoms with E-state index in [1.807, 2.05) is 31.2 Å². The van der Waals surface area contributed by atoms with Crippen LogP contribution in [-0.4, -0.2) is 40.8 Å². The maximum absolute atomic E-state index is 13.0. The quantitative estimate of drug-likeness (QED) is 0.649. The number of fused-ring (bicyclic) bond motifs is 1. The first-order valence-electron chi connectivity index (χ1n) is 10.1. The average molecular weight is 411 g/mol. The Labute approximate surface area is 172 Å². The van der Waals surface area contributed by atoms with E-state index in [9.17, 15) is 8.42 Å². The summed E-state index contributed by atoms with van der Waals surface area (Å²) in [6, 6.07) is 11.0. The summed E-state index contributed by atoms with van der Waals surface area (Å²) in [6.07, 6.45) is 3.23. The molecule has 1 fully saturated rings. The number of pyridine rings is 1. The Hall–Kier alpha value is -2.38. The van der Waals surface area contributed by atoms with E-state index in [1.54, 1.807) is 22.6 Å². The van der Waals surface area contributed by atoms with Crippen molar-refractivity contribution < 1.29 is 8.42 Å². The van der Waals surface area contributed by atoms with Gasteiger partial charge in [-0.3, -0.25) is 0 Å². The van der Waals surface area contributed by atoms with Crippen molar-refractivity contribution in [1.82, 2.24) is 19.3 Å². The van der Waals surface area contributed by atoms with Gasteiger partial charge in [0.15, 0.2) is 5.65 Å². The molecule has 1 aliphatic heterocycles. The summed E-state index contributed by atoms with van der Waals surface area (Å²) < 4.78 is 27.6. The monoisotopic (exact) mass is 410 g/mol. The van der Waals surface area contributed by atoms with E-state index in [-0.39, 0.29) is 11.8 Å². The van der Waals surface area contributed by atoms with Crippen molar-refractivity contribution in [2.75, 3.05) is 13.1 Å². The summed E-state index contributed by atoms with van der Waals surface area (Å²) in [4.78, 5) is 14.2. The van der Waals surface area contributed by atoms with E-state index < -0.39 is 10.0 Å². The summed E-state index contributed by atoms with van der Waals surface area (Å²) in [7, 11) is -3.46. The molecule has 3 heterocycles. The van der Waals surface area contributed by atoms with E-state index in [2.05, 4.69) is 23.8 Å². The van der Waals surface area contributed by atoms with E-state index >= 15 is 0 Å². The zero-order valence-electron chi connectivity index (χ0n) is 17.0. The van der Waals surface area contributed by atoms with Crippen LogP contribution in [0, 0.1) is 6.92 Å². The third-order valence-electron chi connectivity index (χ3n) is 5.53. The molecular weight excluding hydrogens is 384 g/mol. The van der Waals surface area contributed by atoms with Crippen molar-refractivity contribution in [2.45, 2.75) is 50.3 Å². The van der Waals surface area contributed by atoms with Crippen molar-refractivity contribution in [1.29, 1.82) is 0 Å². The minimum Gasteiger partial charge on any atom is -0.237 e. The molecule has 6 nitrogen and oxygen atoms in total. The second-order valence-corrected chi connectivity index (χ2v) is 9.93. The first-order chi connectivity index (χ1) is 13.9. The third-order valence-corrected chi connectivity index (χ3v) is 7.45. The number of aromatic nitrogens is 3.